The molecule has 0 aliphatic heterocycles. The molecular weight excluding hydrogens is 212 g/mol. The molecule has 0 heterocycles. The van der Waals surface area contributed by atoms with Crippen molar-refractivity contribution in [2.75, 3.05) is 0 Å². The molecule has 1 rings (SSSR count). The number of halogens is 1. The minimum Gasteiger partial charge on any atom is -0.167 e. The molecule has 0 amide bonds. The lowest BCUT2D eigenvalue weighted by Crippen LogP contribution is -2.24. The second-order valence-electron chi connectivity index (χ2n) is 5.32. The summed E-state index contributed by atoms with van der Waals surface area (Å²) in [4.78, 5) is 0. The molecular formula is C10H19ClSi2. The van der Waals surface area contributed by atoms with Crippen molar-refractivity contribution >= 4 is 26.5 Å². The van der Waals surface area contributed by atoms with Gasteiger partial charge in [0, 0.05) is 5.54 Å². The smallest absolute Gasteiger partial charge is 0.160 e. The third-order valence-electron chi connectivity index (χ3n) is 2.50. The zero-order valence-electron chi connectivity index (χ0n) is 9.19. The van der Waals surface area contributed by atoms with Crippen LogP contribution in [0.15, 0.2) is 23.4 Å². The Balaban J connectivity index is 2.84. The van der Waals surface area contributed by atoms with Crippen molar-refractivity contribution in [2.24, 2.45) is 0 Å². The highest BCUT2D eigenvalue weighted by molar-refractivity contribution is 7.20. The fourth-order valence-electron chi connectivity index (χ4n) is 1.44. The van der Waals surface area contributed by atoms with Crippen molar-refractivity contribution in [3.05, 3.63) is 23.4 Å². The van der Waals surface area contributed by atoms with Gasteiger partial charge in [0.1, 0.15) is 0 Å². The largest absolute Gasteiger partial charge is 0.167 e. The highest BCUT2D eigenvalue weighted by Crippen LogP contribution is 2.36. The van der Waals surface area contributed by atoms with Crippen molar-refractivity contribution in [2.45, 2.75) is 38.3 Å². The maximum absolute atomic E-state index is 6.41. The Kier molecular flexibility index (Phi) is 2.96. The average Bonchev–Trinajstić information content (AvgIpc) is 2.28. The van der Waals surface area contributed by atoms with Gasteiger partial charge in [-0.15, -0.1) is 0 Å². The van der Waals surface area contributed by atoms with Gasteiger partial charge in [0.05, 0.1) is 8.07 Å². The van der Waals surface area contributed by atoms with Crippen molar-refractivity contribution in [1.82, 2.24) is 0 Å². The molecule has 0 fully saturated rings. The van der Waals surface area contributed by atoms with Crippen LogP contribution in [0.5, 0.6) is 0 Å². The van der Waals surface area contributed by atoms with Crippen LogP contribution >= 0.6 is 11.1 Å². The van der Waals surface area contributed by atoms with Crippen LogP contribution in [-0.4, -0.2) is 15.5 Å². The van der Waals surface area contributed by atoms with Crippen LogP contribution in [0.25, 0.3) is 0 Å². The minimum atomic E-state index is -1.51. The van der Waals surface area contributed by atoms with Crippen molar-refractivity contribution < 1.29 is 0 Å². The van der Waals surface area contributed by atoms with E-state index in [9.17, 15) is 0 Å². The third-order valence-corrected chi connectivity index (χ3v) is 7.27. The molecule has 1 atom stereocenters. The standard InChI is InChI=1S/C10H19ClSi2/c1-12(2,3)9-6-7-10(8-9)13(4,5)11/h6-8,10H,1-5H3. The van der Waals surface area contributed by atoms with E-state index in [4.69, 9.17) is 11.1 Å². The SMILES string of the molecule is C[Si](C)(C)C1=CC([Si](C)(C)Cl)C=C1. The van der Waals surface area contributed by atoms with Gasteiger partial charge in [0.2, 0.25) is 0 Å². The van der Waals surface area contributed by atoms with Gasteiger partial charge in [-0.3, -0.25) is 0 Å². The van der Waals surface area contributed by atoms with Gasteiger partial charge in [-0.05, 0) is 0 Å². The maximum Gasteiger partial charge on any atom is 0.160 e. The molecule has 1 aliphatic carbocycles. The fraction of sp³-hybridized carbons (Fsp3) is 0.600. The lowest BCUT2D eigenvalue weighted by molar-refractivity contribution is 1.33. The van der Waals surface area contributed by atoms with Gasteiger partial charge in [0.25, 0.3) is 0 Å². The highest BCUT2D eigenvalue weighted by Gasteiger charge is 2.31. The van der Waals surface area contributed by atoms with E-state index in [2.05, 4.69) is 51.0 Å². The van der Waals surface area contributed by atoms with Gasteiger partial charge in [-0.2, -0.15) is 11.1 Å². The summed E-state index contributed by atoms with van der Waals surface area (Å²) >= 11 is 6.41. The molecule has 0 aromatic rings. The summed E-state index contributed by atoms with van der Waals surface area (Å²) in [5.74, 6) is 0. The third kappa shape index (κ3) is 2.83. The number of rotatable bonds is 2. The molecule has 0 aromatic carbocycles. The average molecular weight is 231 g/mol. The lowest BCUT2D eigenvalue weighted by Gasteiger charge is -2.19. The van der Waals surface area contributed by atoms with Crippen LogP contribution in [-0.2, 0) is 0 Å². The molecule has 0 radical (unpaired) electrons. The molecule has 0 nitrogen and oxygen atoms in total. The summed E-state index contributed by atoms with van der Waals surface area (Å²) in [6.07, 6.45) is 7.01. The van der Waals surface area contributed by atoms with Gasteiger partial charge >= 0.3 is 0 Å². The van der Waals surface area contributed by atoms with Gasteiger partial charge < -0.3 is 0 Å². The number of hydrogen-bond donors (Lipinski definition) is 0. The number of allylic oxidation sites excluding steroid dienone is 4. The quantitative estimate of drug-likeness (QED) is 0.494. The Hall–Kier alpha value is 0.204. The Morgan fingerprint density at radius 1 is 1.15 bits per heavy atom. The van der Waals surface area contributed by atoms with E-state index in [1.165, 1.54) is 0 Å². The minimum absolute atomic E-state index is 0.552. The van der Waals surface area contributed by atoms with Crippen LogP contribution in [0, 0.1) is 0 Å². The topological polar surface area (TPSA) is 0 Å². The summed E-state index contributed by atoms with van der Waals surface area (Å²) in [7, 11) is -2.62. The lowest BCUT2D eigenvalue weighted by atomic mass is 10.5. The Morgan fingerprint density at radius 3 is 1.92 bits per heavy atom. The highest BCUT2D eigenvalue weighted by atomic mass is 35.6. The van der Waals surface area contributed by atoms with E-state index >= 15 is 0 Å². The van der Waals surface area contributed by atoms with Crippen LogP contribution in [0.4, 0.5) is 0 Å². The first-order valence-corrected chi connectivity index (χ1v) is 12.4. The van der Waals surface area contributed by atoms with E-state index in [0.717, 1.165) is 0 Å². The molecule has 0 saturated heterocycles. The van der Waals surface area contributed by atoms with Crippen LogP contribution < -0.4 is 0 Å². The molecule has 0 N–H and O–H groups in total. The van der Waals surface area contributed by atoms with Crippen LogP contribution in [0.2, 0.25) is 38.3 Å². The fourth-order valence-corrected chi connectivity index (χ4v) is 4.42. The van der Waals surface area contributed by atoms with Crippen molar-refractivity contribution in [1.29, 1.82) is 0 Å². The van der Waals surface area contributed by atoms with Gasteiger partial charge in [0.15, 0.2) is 7.38 Å². The Bertz CT molecular complexity index is 253. The first-order valence-electron chi connectivity index (χ1n) is 4.81. The summed E-state index contributed by atoms with van der Waals surface area (Å²) in [6.45, 7) is 11.6. The molecule has 74 valence electrons. The van der Waals surface area contributed by atoms with E-state index < -0.39 is 15.5 Å². The van der Waals surface area contributed by atoms with Crippen molar-refractivity contribution in [3.8, 4) is 0 Å². The van der Waals surface area contributed by atoms with Gasteiger partial charge in [-0.25, -0.2) is 0 Å². The van der Waals surface area contributed by atoms with E-state index in [1.807, 2.05) is 0 Å². The summed E-state index contributed by atoms with van der Waals surface area (Å²) in [5, 5.41) is 1.57. The molecule has 0 saturated carbocycles. The predicted octanol–water partition coefficient (Wildman–Crippen LogP) is 4.17. The Morgan fingerprint density at radius 2 is 1.69 bits per heavy atom. The van der Waals surface area contributed by atoms with Gasteiger partial charge in [-0.1, -0.05) is 56.2 Å². The molecule has 13 heavy (non-hydrogen) atoms. The first-order chi connectivity index (χ1) is 5.71. The first kappa shape index (κ1) is 11.3. The maximum atomic E-state index is 6.41. The van der Waals surface area contributed by atoms with E-state index in [1.54, 1.807) is 5.20 Å². The van der Waals surface area contributed by atoms with Crippen LogP contribution in [0.3, 0.4) is 0 Å². The van der Waals surface area contributed by atoms with E-state index in [0.29, 0.717) is 5.54 Å². The predicted molar refractivity (Wildman–Crippen MR) is 67.7 cm³/mol. The Labute approximate surface area is 88.4 Å². The van der Waals surface area contributed by atoms with E-state index in [-0.39, 0.29) is 0 Å². The molecule has 1 unspecified atom stereocenters. The molecule has 0 aromatic heterocycles. The zero-order chi connectivity index (χ0) is 10.3. The summed E-state index contributed by atoms with van der Waals surface area (Å²) in [6, 6.07) is 0. The van der Waals surface area contributed by atoms with Crippen LogP contribution in [0.1, 0.15) is 0 Å². The second-order valence-corrected chi connectivity index (χ2v) is 17.1. The zero-order valence-corrected chi connectivity index (χ0v) is 11.9. The summed E-state index contributed by atoms with van der Waals surface area (Å²) in [5.41, 5.74) is 0.552. The van der Waals surface area contributed by atoms with Crippen molar-refractivity contribution in [3.63, 3.8) is 0 Å². The molecule has 0 bridgehead atoms. The monoisotopic (exact) mass is 230 g/mol. The number of hydrogen-bond acceptors (Lipinski definition) is 0. The molecule has 1 aliphatic rings. The molecule has 0 spiro atoms. The summed E-state index contributed by atoms with van der Waals surface area (Å²) < 4.78 is 0. The normalized spacial score (nSPS) is 23.5. The second kappa shape index (κ2) is 3.41. The molecule has 3 heteroatoms.